The molecular weight excluding hydrogens is 462 g/mol. The summed E-state index contributed by atoms with van der Waals surface area (Å²) in [6.45, 7) is -0.272. The predicted octanol–water partition coefficient (Wildman–Crippen LogP) is 3.17. The van der Waals surface area contributed by atoms with Gasteiger partial charge in [0.15, 0.2) is 0 Å². The third-order valence-electron chi connectivity index (χ3n) is 6.44. The lowest BCUT2D eigenvalue weighted by Crippen LogP contribution is -2.42. The van der Waals surface area contributed by atoms with Crippen LogP contribution in [0.4, 0.5) is 14.5 Å². The van der Waals surface area contributed by atoms with Crippen LogP contribution in [0.3, 0.4) is 0 Å². The van der Waals surface area contributed by atoms with E-state index in [1.54, 1.807) is 6.07 Å². The van der Waals surface area contributed by atoms with Crippen LogP contribution in [0.25, 0.3) is 22.0 Å². The quantitative estimate of drug-likeness (QED) is 0.313. The van der Waals surface area contributed by atoms with Crippen molar-refractivity contribution in [3.63, 3.8) is 0 Å². The summed E-state index contributed by atoms with van der Waals surface area (Å²) in [5.74, 6) is -3.64. The van der Waals surface area contributed by atoms with Crippen LogP contribution in [-0.4, -0.2) is 32.1 Å². The Kier molecular flexibility index (Phi) is 4.43. The number of nitrogens with one attached hydrogen (secondary N) is 3. The first-order valence-electron chi connectivity index (χ1n) is 10.6. The van der Waals surface area contributed by atoms with Crippen molar-refractivity contribution in [3.8, 4) is 0 Å². The molecule has 9 nitrogen and oxygen atoms in total. The summed E-state index contributed by atoms with van der Waals surface area (Å²) in [5.41, 5.74) is 0.417. The van der Waals surface area contributed by atoms with Crippen molar-refractivity contribution in [2.75, 3.05) is 4.90 Å². The minimum Gasteiger partial charge on any atom is -0.480 e. The van der Waals surface area contributed by atoms with Crippen molar-refractivity contribution >= 4 is 33.7 Å². The van der Waals surface area contributed by atoms with Crippen LogP contribution in [0.2, 0.25) is 0 Å². The number of halogens is 2. The van der Waals surface area contributed by atoms with Gasteiger partial charge in [0.2, 0.25) is 0 Å². The van der Waals surface area contributed by atoms with Gasteiger partial charge in [0.1, 0.15) is 23.3 Å². The van der Waals surface area contributed by atoms with E-state index >= 15 is 0 Å². The molecule has 1 aliphatic heterocycles. The van der Waals surface area contributed by atoms with E-state index in [1.165, 1.54) is 41.6 Å². The second-order valence-electron chi connectivity index (χ2n) is 8.37. The first kappa shape index (κ1) is 20.9. The van der Waals surface area contributed by atoms with Crippen molar-refractivity contribution in [1.29, 1.82) is 0 Å². The number of aliphatic carboxylic acids is 1. The zero-order chi connectivity index (χ0) is 24.4. The first-order chi connectivity index (χ1) is 16.8. The second-order valence-corrected chi connectivity index (χ2v) is 8.37. The summed E-state index contributed by atoms with van der Waals surface area (Å²) >= 11 is 0. The van der Waals surface area contributed by atoms with Gasteiger partial charge in [0, 0.05) is 35.1 Å². The predicted molar refractivity (Wildman–Crippen MR) is 122 cm³/mol. The number of furan rings is 1. The van der Waals surface area contributed by atoms with Crippen molar-refractivity contribution in [1.82, 2.24) is 15.0 Å². The zero-order valence-electron chi connectivity index (χ0n) is 17.8. The number of pyridine rings is 1. The largest absolute Gasteiger partial charge is 0.480 e. The van der Waals surface area contributed by atoms with Crippen LogP contribution >= 0.6 is 0 Å². The van der Waals surface area contributed by atoms with Gasteiger partial charge in [-0.25, -0.2) is 18.4 Å². The van der Waals surface area contributed by atoms with E-state index in [0.717, 1.165) is 6.07 Å². The third kappa shape index (κ3) is 3.08. The minimum absolute atomic E-state index is 0.0764. The van der Waals surface area contributed by atoms with E-state index < -0.39 is 40.8 Å². The summed E-state index contributed by atoms with van der Waals surface area (Å²) in [6, 6.07) is 6.82. The van der Waals surface area contributed by atoms with Gasteiger partial charge in [-0.05, 0) is 30.3 Å². The highest BCUT2D eigenvalue weighted by Crippen LogP contribution is 2.49. The Labute approximate surface area is 193 Å². The van der Waals surface area contributed by atoms with Crippen molar-refractivity contribution < 1.29 is 23.1 Å². The van der Waals surface area contributed by atoms with Gasteiger partial charge < -0.3 is 29.4 Å². The highest BCUT2D eigenvalue weighted by Gasteiger charge is 2.47. The molecule has 2 aromatic carbocycles. The molecule has 2 atom stereocenters. The first-order valence-corrected chi connectivity index (χ1v) is 10.6. The molecule has 0 bridgehead atoms. The Hall–Kier alpha value is -4.67. The van der Waals surface area contributed by atoms with E-state index in [2.05, 4.69) is 15.0 Å². The number of benzene rings is 2. The normalized spacial score (nSPS) is 17.4. The van der Waals surface area contributed by atoms with Gasteiger partial charge in [-0.3, -0.25) is 4.79 Å². The number of carboxylic acid groups (broad SMARTS) is 1. The number of carbonyl (C=O) groups is 1. The standard InChI is InChI=1S/C24H16F2N4O5/c25-13-7-16-15(28-24(34)29-16)6-10(13)9-30-17-8-14(26)11-3-5-35-21(11)19(17)18(20(30)23(32)33)12-2-1-4-27-22(12)31/h1-8,18,20H,9H2,(H,27,31)(H,32,33)(H2,28,29,34). The molecule has 0 fully saturated rings. The molecule has 0 aliphatic carbocycles. The number of hydrogen-bond acceptors (Lipinski definition) is 5. The number of rotatable bonds is 4. The van der Waals surface area contributed by atoms with Crippen LogP contribution in [0.15, 0.2) is 62.9 Å². The fraction of sp³-hybridized carbons (Fsp3) is 0.125. The van der Waals surface area contributed by atoms with E-state index in [-0.39, 0.29) is 39.8 Å². The fourth-order valence-corrected chi connectivity index (χ4v) is 4.99. The van der Waals surface area contributed by atoms with Crippen LogP contribution in [0.1, 0.15) is 22.6 Å². The smallest absolute Gasteiger partial charge is 0.327 e. The molecule has 6 rings (SSSR count). The molecule has 4 heterocycles. The van der Waals surface area contributed by atoms with Crippen LogP contribution < -0.4 is 16.1 Å². The van der Waals surface area contributed by atoms with E-state index in [4.69, 9.17) is 4.42 Å². The van der Waals surface area contributed by atoms with Crippen LogP contribution in [-0.2, 0) is 11.3 Å². The second kappa shape index (κ2) is 7.42. The summed E-state index contributed by atoms with van der Waals surface area (Å²) in [4.78, 5) is 45.8. The molecule has 1 aliphatic rings. The third-order valence-corrected chi connectivity index (χ3v) is 6.44. The van der Waals surface area contributed by atoms with Gasteiger partial charge in [-0.2, -0.15) is 0 Å². The molecule has 0 radical (unpaired) electrons. The number of carboxylic acids is 1. The fourth-order valence-electron chi connectivity index (χ4n) is 4.99. The highest BCUT2D eigenvalue weighted by molar-refractivity contribution is 5.94. The van der Waals surface area contributed by atoms with E-state index in [9.17, 15) is 28.3 Å². The van der Waals surface area contributed by atoms with Crippen LogP contribution in [0.5, 0.6) is 0 Å². The van der Waals surface area contributed by atoms with Gasteiger partial charge >= 0.3 is 11.7 Å². The number of anilines is 1. The topological polar surface area (TPSA) is 135 Å². The molecule has 35 heavy (non-hydrogen) atoms. The highest BCUT2D eigenvalue weighted by atomic mass is 19.1. The SMILES string of the molecule is O=C(O)C1C(c2ccc[nH]c2=O)c2c(cc(F)c3ccoc23)N1Cc1cc2[nH]c(=O)[nH]c2cc1F. The van der Waals surface area contributed by atoms with Gasteiger partial charge in [0.25, 0.3) is 5.56 Å². The monoisotopic (exact) mass is 478 g/mol. The number of hydrogen-bond donors (Lipinski definition) is 4. The molecule has 0 amide bonds. The molecule has 4 N–H and O–H groups in total. The zero-order valence-corrected chi connectivity index (χ0v) is 17.8. The Morgan fingerprint density at radius 1 is 1.09 bits per heavy atom. The van der Waals surface area contributed by atoms with E-state index in [0.29, 0.717) is 11.1 Å². The number of aromatic amines is 3. The summed E-state index contributed by atoms with van der Waals surface area (Å²) < 4.78 is 35.5. The maximum absolute atomic E-state index is 15.0. The average molecular weight is 478 g/mol. The maximum Gasteiger partial charge on any atom is 0.327 e. The summed E-state index contributed by atoms with van der Waals surface area (Å²) in [7, 11) is 0. The summed E-state index contributed by atoms with van der Waals surface area (Å²) in [6.07, 6.45) is 2.71. The van der Waals surface area contributed by atoms with Crippen molar-refractivity contribution in [2.24, 2.45) is 0 Å². The minimum atomic E-state index is -1.37. The van der Waals surface area contributed by atoms with Gasteiger partial charge in [-0.1, -0.05) is 6.07 Å². The molecule has 0 spiro atoms. The van der Waals surface area contributed by atoms with Crippen molar-refractivity contribution in [2.45, 2.75) is 18.5 Å². The lowest BCUT2D eigenvalue weighted by Gasteiger charge is -2.27. The Bertz CT molecular complexity index is 1770. The van der Waals surface area contributed by atoms with Gasteiger partial charge in [-0.15, -0.1) is 0 Å². The molecule has 2 unspecified atom stereocenters. The number of aromatic nitrogens is 3. The molecule has 3 aromatic heterocycles. The molecular formula is C24H16F2N4O5. The number of nitrogens with zero attached hydrogens (tertiary/aromatic N) is 1. The molecule has 0 saturated heterocycles. The number of fused-ring (bicyclic) bond motifs is 4. The Morgan fingerprint density at radius 3 is 2.60 bits per heavy atom. The summed E-state index contributed by atoms with van der Waals surface area (Å²) in [5, 5.41) is 10.4. The Balaban J connectivity index is 1.60. The number of imidazole rings is 1. The lowest BCUT2D eigenvalue weighted by atomic mass is 9.87. The Morgan fingerprint density at radius 2 is 1.86 bits per heavy atom. The number of H-pyrrole nitrogens is 3. The average Bonchev–Trinajstić information content (AvgIpc) is 3.50. The molecule has 176 valence electrons. The molecule has 11 heteroatoms. The maximum atomic E-state index is 15.0. The van der Waals surface area contributed by atoms with Crippen LogP contribution in [0, 0.1) is 11.6 Å². The lowest BCUT2D eigenvalue weighted by molar-refractivity contribution is -0.138. The van der Waals surface area contributed by atoms with Gasteiger partial charge in [0.05, 0.1) is 28.6 Å². The van der Waals surface area contributed by atoms with Crippen molar-refractivity contribution in [3.05, 3.63) is 98.0 Å². The molecule has 0 saturated carbocycles. The molecule has 5 aromatic rings. The van der Waals surface area contributed by atoms with E-state index in [1.807, 2.05) is 0 Å².